The van der Waals surface area contributed by atoms with Gasteiger partial charge in [0.05, 0.1) is 112 Å². The predicted octanol–water partition coefficient (Wildman–Crippen LogP) is -7.78. The second-order valence-corrected chi connectivity index (χ2v) is 26.9. The summed E-state index contributed by atoms with van der Waals surface area (Å²) in [4.78, 5) is 138. The van der Waals surface area contributed by atoms with Gasteiger partial charge >= 0.3 is 35.5 Å². The number of hydrogen-bond donors (Lipinski definition) is 16. The molecule has 1 aromatic rings. The van der Waals surface area contributed by atoms with E-state index in [1.165, 1.54) is 18.2 Å². The van der Waals surface area contributed by atoms with Crippen LogP contribution in [-0.4, -0.2) is 310 Å². The van der Waals surface area contributed by atoms with E-state index in [2.05, 4.69) is 37.2 Å². The molecule has 0 radical (unpaired) electrons. The molecule has 3 aliphatic heterocycles. The van der Waals surface area contributed by atoms with Crippen molar-refractivity contribution >= 4 is 66.7 Å². The van der Waals surface area contributed by atoms with Crippen molar-refractivity contribution in [2.24, 2.45) is 10.8 Å². The largest absolute Gasteiger partial charge is 1.00 e. The summed E-state index contributed by atoms with van der Waals surface area (Å²) in [6, 6.07) is 3.91. The molecule has 3 fully saturated rings. The number of phosphoric acid groups is 1. The Morgan fingerprint density at radius 1 is 0.514 bits per heavy atom. The van der Waals surface area contributed by atoms with Crippen LogP contribution in [0.1, 0.15) is 125 Å². The first-order chi connectivity index (χ1) is 49.5. The van der Waals surface area contributed by atoms with Gasteiger partial charge in [0.1, 0.15) is 48.8 Å². The minimum Gasteiger partial charge on any atom is -0.756 e. The Balaban J connectivity index is 0.0000286. The number of unbranched alkanes of at least 4 members (excludes halogenated alkanes) is 5. The summed E-state index contributed by atoms with van der Waals surface area (Å²) in [6.45, 7) is 3.75. The summed E-state index contributed by atoms with van der Waals surface area (Å²) >= 11 is 0. The maximum Gasteiger partial charge on any atom is 1.00 e. The number of carbonyl (C=O) groups is 9. The average molecular weight is 1540 g/mol. The molecule has 3 aliphatic rings. The van der Waals surface area contributed by atoms with Crippen LogP contribution in [0.4, 0.5) is 5.69 Å². The van der Waals surface area contributed by atoms with Crippen molar-refractivity contribution in [2.75, 3.05) is 150 Å². The fourth-order valence-corrected chi connectivity index (χ4v) is 11.3. The molecule has 8 amide bonds. The number of aliphatic hydroxyl groups is 8. The van der Waals surface area contributed by atoms with E-state index >= 15 is 0 Å². The molecule has 594 valence electrons. The molecule has 105 heavy (non-hydrogen) atoms. The van der Waals surface area contributed by atoms with Crippen LogP contribution < -0.4 is 71.7 Å². The monoisotopic (exact) mass is 1530 g/mol. The number of ether oxygens (including phenoxy) is 9. The van der Waals surface area contributed by atoms with Crippen LogP contribution in [0.3, 0.4) is 0 Å². The van der Waals surface area contributed by atoms with Crippen LogP contribution >= 0.6 is 7.82 Å². The quantitative estimate of drug-likeness (QED) is 0.0125. The van der Waals surface area contributed by atoms with Gasteiger partial charge in [0.15, 0.2) is 12.6 Å². The first kappa shape index (κ1) is 94.1. The third-order valence-corrected chi connectivity index (χ3v) is 17.7. The van der Waals surface area contributed by atoms with Crippen molar-refractivity contribution in [1.82, 2.24) is 36.8 Å². The number of rotatable bonds is 52. The van der Waals surface area contributed by atoms with E-state index in [4.69, 9.17) is 47.2 Å². The molecule has 0 spiro atoms. The number of likely N-dealkylation sites (tertiary alicyclic amines) is 1. The summed E-state index contributed by atoms with van der Waals surface area (Å²) in [5.74, 6) is -4.47. The minimum atomic E-state index is -5.12. The maximum absolute atomic E-state index is 13.4. The Morgan fingerprint density at radius 3 is 1.45 bits per heavy atom. The zero-order valence-corrected chi connectivity index (χ0v) is 63.1. The van der Waals surface area contributed by atoms with Gasteiger partial charge in [0, 0.05) is 92.6 Å². The number of benzene rings is 1. The summed E-state index contributed by atoms with van der Waals surface area (Å²) < 4.78 is 65.0. The first-order valence-corrected chi connectivity index (χ1v) is 36.4. The Hall–Kier alpha value is -5.08. The van der Waals surface area contributed by atoms with Crippen molar-refractivity contribution in [3.05, 3.63) is 29.3 Å². The third kappa shape index (κ3) is 35.4. The molecular formula is C65H108N8NaO30P. The second-order valence-electron chi connectivity index (χ2n) is 25.7. The standard InChI is InChI=1S/C65H109N8O30P.Na/c1-4-17-66-49(78)15-16-53(82)100-40-64(2)38-73(39-65(64,3)41-101-104(91,92)93)52(81)14-10-8-6-5-7-9-12-47(76)70-34-50(79)67-18-11-13-48(77)71-35-51(80)72-44-32-42(60(89)68-19-21-94-23-25-96-27-29-98-62-58(87)56(85)54(83)45(36-74)102-62)31-43(33-44)61(90)69-20-22-95-24-26-97-28-30-99-63-59(88)57(86)55(84)46(37-75)103-63;/h31-33,45-46,54-59,62-63,74-75,83-88H,4-30,34-41H2,1-3H3,(H,66,78)(H,67,79)(H,68,89)(H,69,90)(H,70,76)(H,71,77)(H,72,80)(H2,91,92,93);/q;+1/p-1/t45-,46-,54-,55-,56+,57+,58+,59+,62+,63+,64+,65-;/m1./s1. The number of carbonyl (C=O) groups excluding carboxylic acids is 9. The summed E-state index contributed by atoms with van der Waals surface area (Å²) in [6.07, 6.45) is -9.19. The van der Waals surface area contributed by atoms with Gasteiger partial charge in [0.2, 0.25) is 35.4 Å². The fourth-order valence-electron chi connectivity index (χ4n) is 10.8. The number of esters is 1. The van der Waals surface area contributed by atoms with Gasteiger partial charge < -0.3 is 140 Å². The SMILES string of the molecule is CCCNC(=O)CCC(=O)OC[C@]1(C)CN(C(=O)CCCCCCCCC(=O)NCC(=O)NCCCC(=O)NCC(=O)Nc2cc(C(=O)NCCOCCOCCO[C@H]3O[C@H](CO)[C@@H](O)[C@H](O)[C@@H]3O)cc(C(=O)NCCOCCOCCO[C@H]3O[C@H](CO)[C@@H](O)[C@H](O)[C@@H]3O)c2)C[C@]1(C)COP(=O)([O-])O.[Na+]. The van der Waals surface area contributed by atoms with E-state index in [1.54, 1.807) is 18.7 Å². The first-order valence-electron chi connectivity index (χ1n) is 34.9. The van der Waals surface area contributed by atoms with Gasteiger partial charge in [0.25, 0.3) is 19.6 Å². The van der Waals surface area contributed by atoms with Gasteiger partial charge in [-0.2, -0.15) is 0 Å². The zero-order valence-electron chi connectivity index (χ0n) is 60.2. The van der Waals surface area contributed by atoms with E-state index < -0.39 is 142 Å². The van der Waals surface area contributed by atoms with E-state index in [9.17, 15) is 98.4 Å². The predicted molar refractivity (Wildman–Crippen MR) is 360 cm³/mol. The summed E-state index contributed by atoms with van der Waals surface area (Å²) in [7, 11) is -5.12. The number of aliphatic hydroxyl groups excluding tert-OH is 8. The van der Waals surface area contributed by atoms with E-state index in [-0.39, 0.29) is 215 Å². The number of nitrogens with one attached hydrogen (secondary N) is 7. The van der Waals surface area contributed by atoms with Crippen molar-refractivity contribution in [2.45, 2.75) is 166 Å². The Labute approximate surface area is 631 Å². The van der Waals surface area contributed by atoms with Crippen LogP contribution in [-0.2, 0) is 85.3 Å². The van der Waals surface area contributed by atoms with E-state index in [0.717, 1.165) is 19.3 Å². The van der Waals surface area contributed by atoms with E-state index in [0.29, 0.717) is 32.2 Å². The molecule has 1 aromatic carbocycles. The molecule has 40 heteroatoms. The molecule has 38 nitrogen and oxygen atoms in total. The molecular weight excluding hydrogens is 1430 g/mol. The summed E-state index contributed by atoms with van der Waals surface area (Å²) in [5, 5.41) is 96.9. The third-order valence-electron chi connectivity index (χ3n) is 17.2. The van der Waals surface area contributed by atoms with Crippen molar-refractivity contribution in [1.29, 1.82) is 0 Å². The smallest absolute Gasteiger partial charge is 0.756 e. The number of amides is 8. The molecule has 13 atom stereocenters. The molecule has 0 aromatic heterocycles. The van der Waals surface area contributed by atoms with Gasteiger partial charge in [-0.15, -0.1) is 0 Å². The summed E-state index contributed by atoms with van der Waals surface area (Å²) in [5.41, 5.74) is -2.02. The normalized spacial score (nSPS) is 24.1. The Morgan fingerprint density at radius 2 is 0.952 bits per heavy atom. The van der Waals surface area contributed by atoms with Gasteiger partial charge in [-0.1, -0.05) is 46.5 Å². The number of hydrogen-bond acceptors (Lipinski definition) is 29. The number of phosphoric ester groups is 1. The topological polar surface area (TPSA) is 556 Å². The average Bonchev–Trinajstić information content (AvgIpc) is 1.60. The molecule has 1 unspecified atom stereocenters. The zero-order chi connectivity index (χ0) is 76.7. The van der Waals surface area contributed by atoms with Gasteiger partial charge in [-0.3, -0.25) is 47.7 Å². The second kappa shape index (κ2) is 50.6. The fraction of sp³-hybridized carbons (Fsp3) is 0.769. The van der Waals surface area contributed by atoms with Crippen molar-refractivity contribution < 1.29 is 175 Å². The van der Waals surface area contributed by atoms with Crippen molar-refractivity contribution in [3.63, 3.8) is 0 Å². The van der Waals surface area contributed by atoms with E-state index in [1.807, 2.05) is 6.92 Å². The van der Waals surface area contributed by atoms with Crippen LogP contribution in [0.25, 0.3) is 0 Å². The van der Waals surface area contributed by atoms with Crippen LogP contribution in [0.15, 0.2) is 18.2 Å². The molecule has 4 rings (SSSR count). The number of anilines is 1. The minimum absolute atomic E-state index is 0. The molecule has 3 saturated heterocycles. The molecule has 0 aliphatic carbocycles. The van der Waals surface area contributed by atoms with Crippen molar-refractivity contribution in [3.8, 4) is 0 Å². The Bertz CT molecular complexity index is 2790. The molecule has 16 N–H and O–H groups in total. The number of nitrogens with zero attached hydrogens (tertiary/aromatic N) is 1. The molecule has 3 heterocycles. The molecule has 0 bridgehead atoms. The van der Waals surface area contributed by atoms with Gasteiger partial charge in [-0.25, -0.2) is 0 Å². The Kier molecular flexibility index (Phi) is 45.4. The molecule has 0 saturated carbocycles. The van der Waals surface area contributed by atoms with Crippen LogP contribution in [0, 0.1) is 10.8 Å². The maximum atomic E-state index is 13.4. The van der Waals surface area contributed by atoms with Crippen LogP contribution in [0.2, 0.25) is 0 Å². The van der Waals surface area contributed by atoms with Crippen LogP contribution in [0.5, 0.6) is 0 Å². The van der Waals surface area contributed by atoms with Gasteiger partial charge in [-0.05, 0) is 43.9 Å².